The average Bonchev–Trinajstić information content (AvgIpc) is 2.38. The molecule has 1 atom stereocenters. The van der Waals surface area contributed by atoms with Gasteiger partial charge in [-0.25, -0.2) is 4.79 Å². The van der Waals surface area contributed by atoms with Crippen molar-refractivity contribution in [1.29, 1.82) is 0 Å². The third-order valence-corrected chi connectivity index (χ3v) is 3.36. The Morgan fingerprint density at radius 3 is 2.85 bits per heavy atom. The van der Waals surface area contributed by atoms with Gasteiger partial charge in [0.1, 0.15) is 0 Å². The first-order chi connectivity index (χ1) is 9.52. The summed E-state index contributed by atoms with van der Waals surface area (Å²) in [7, 11) is 1.53. The van der Waals surface area contributed by atoms with E-state index in [4.69, 9.17) is 4.74 Å². The first-order valence-electron chi connectivity index (χ1n) is 6.46. The molecule has 3 N–H and O–H groups in total. The molecule has 0 saturated heterocycles. The van der Waals surface area contributed by atoms with Crippen molar-refractivity contribution in [3.63, 3.8) is 0 Å². The standard InChI is InChI=1S/C14H21BrN2O3/c1-10-7-12(15)4-3-11(10)8-17-14(19)16-6-5-13(18)9-20-2/h3-4,7,13,18H,5-6,8-9H2,1-2H3,(H2,16,17,19). The Morgan fingerprint density at radius 1 is 1.45 bits per heavy atom. The molecule has 1 aromatic rings. The fourth-order valence-electron chi connectivity index (χ4n) is 1.72. The van der Waals surface area contributed by atoms with E-state index in [1.54, 1.807) is 0 Å². The maximum absolute atomic E-state index is 11.6. The zero-order chi connectivity index (χ0) is 15.0. The summed E-state index contributed by atoms with van der Waals surface area (Å²) in [5.41, 5.74) is 2.19. The van der Waals surface area contributed by atoms with Crippen LogP contribution in [0, 0.1) is 6.92 Å². The Balaban J connectivity index is 2.26. The van der Waals surface area contributed by atoms with Gasteiger partial charge in [-0.15, -0.1) is 0 Å². The highest BCUT2D eigenvalue weighted by molar-refractivity contribution is 9.10. The van der Waals surface area contributed by atoms with Crippen molar-refractivity contribution in [2.45, 2.75) is 26.0 Å². The number of halogens is 1. The number of ether oxygens (including phenoxy) is 1. The second-order valence-corrected chi connectivity index (χ2v) is 5.49. The van der Waals surface area contributed by atoms with Crippen LogP contribution in [0.2, 0.25) is 0 Å². The zero-order valence-electron chi connectivity index (χ0n) is 11.8. The molecule has 0 aliphatic carbocycles. The normalized spacial score (nSPS) is 12.0. The van der Waals surface area contributed by atoms with Gasteiger partial charge in [-0.3, -0.25) is 0 Å². The first kappa shape index (κ1) is 16.9. The predicted octanol–water partition coefficient (Wildman–Crippen LogP) is 1.95. The molecule has 112 valence electrons. The molecule has 2 amide bonds. The number of aliphatic hydroxyl groups excluding tert-OH is 1. The van der Waals surface area contributed by atoms with Gasteiger partial charge in [0.25, 0.3) is 0 Å². The molecule has 1 aromatic carbocycles. The number of aliphatic hydroxyl groups is 1. The molecule has 0 aliphatic rings. The van der Waals surface area contributed by atoms with Crippen LogP contribution >= 0.6 is 15.9 Å². The van der Waals surface area contributed by atoms with E-state index in [-0.39, 0.29) is 12.6 Å². The summed E-state index contributed by atoms with van der Waals surface area (Å²) < 4.78 is 5.83. The van der Waals surface area contributed by atoms with Crippen LogP contribution in [-0.4, -0.2) is 37.5 Å². The van der Waals surface area contributed by atoms with Crippen molar-refractivity contribution < 1.29 is 14.6 Å². The SMILES string of the molecule is COCC(O)CCNC(=O)NCc1ccc(Br)cc1C. The Labute approximate surface area is 127 Å². The van der Waals surface area contributed by atoms with Gasteiger partial charge in [0, 0.05) is 24.7 Å². The molecule has 0 bridgehead atoms. The van der Waals surface area contributed by atoms with Gasteiger partial charge in [-0.1, -0.05) is 22.0 Å². The maximum Gasteiger partial charge on any atom is 0.315 e. The minimum Gasteiger partial charge on any atom is -0.391 e. The number of benzene rings is 1. The summed E-state index contributed by atoms with van der Waals surface area (Å²) in [5.74, 6) is 0. The van der Waals surface area contributed by atoms with Crippen molar-refractivity contribution in [2.24, 2.45) is 0 Å². The van der Waals surface area contributed by atoms with Gasteiger partial charge in [-0.2, -0.15) is 0 Å². The third kappa shape index (κ3) is 6.36. The van der Waals surface area contributed by atoms with Crippen molar-refractivity contribution in [3.8, 4) is 0 Å². The molecular formula is C14H21BrN2O3. The number of hydrogen-bond acceptors (Lipinski definition) is 3. The molecule has 0 aliphatic heterocycles. The number of hydrogen-bond donors (Lipinski definition) is 3. The van der Waals surface area contributed by atoms with E-state index in [0.29, 0.717) is 19.5 Å². The molecule has 6 heteroatoms. The Hall–Kier alpha value is -1.11. The molecule has 5 nitrogen and oxygen atoms in total. The van der Waals surface area contributed by atoms with Crippen LogP contribution in [0.4, 0.5) is 4.79 Å². The molecule has 0 spiro atoms. The van der Waals surface area contributed by atoms with Gasteiger partial charge in [0.2, 0.25) is 0 Å². The topological polar surface area (TPSA) is 70.6 Å². The lowest BCUT2D eigenvalue weighted by molar-refractivity contribution is 0.0598. The summed E-state index contributed by atoms with van der Waals surface area (Å²) >= 11 is 3.40. The molecule has 0 saturated carbocycles. The largest absolute Gasteiger partial charge is 0.391 e. The highest BCUT2D eigenvalue weighted by Crippen LogP contribution is 2.15. The van der Waals surface area contributed by atoms with Gasteiger partial charge in [0.15, 0.2) is 0 Å². The van der Waals surface area contributed by atoms with E-state index in [2.05, 4.69) is 26.6 Å². The second-order valence-electron chi connectivity index (χ2n) is 4.58. The van der Waals surface area contributed by atoms with Crippen LogP contribution in [0.15, 0.2) is 22.7 Å². The number of aryl methyl sites for hydroxylation is 1. The Kier molecular flexibility index (Phi) is 7.58. The van der Waals surface area contributed by atoms with Gasteiger partial charge >= 0.3 is 6.03 Å². The number of amides is 2. The number of carbonyl (C=O) groups excluding carboxylic acids is 1. The summed E-state index contributed by atoms with van der Waals surface area (Å²) in [6.45, 7) is 3.17. The number of urea groups is 1. The summed E-state index contributed by atoms with van der Waals surface area (Å²) in [4.78, 5) is 11.6. The third-order valence-electron chi connectivity index (χ3n) is 2.87. The first-order valence-corrected chi connectivity index (χ1v) is 7.26. The van der Waals surface area contributed by atoms with E-state index < -0.39 is 6.10 Å². The fraction of sp³-hybridized carbons (Fsp3) is 0.500. The summed E-state index contributed by atoms with van der Waals surface area (Å²) in [6.07, 6.45) is -0.0764. The van der Waals surface area contributed by atoms with Crippen LogP contribution < -0.4 is 10.6 Å². The van der Waals surface area contributed by atoms with E-state index >= 15 is 0 Å². The molecular weight excluding hydrogens is 324 g/mol. The monoisotopic (exact) mass is 344 g/mol. The van der Waals surface area contributed by atoms with Gasteiger partial charge in [-0.05, 0) is 36.6 Å². The fourth-order valence-corrected chi connectivity index (χ4v) is 2.20. The molecule has 1 rings (SSSR count). The van der Waals surface area contributed by atoms with Crippen molar-refractivity contribution in [3.05, 3.63) is 33.8 Å². The number of nitrogens with one attached hydrogen (secondary N) is 2. The van der Waals surface area contributed by atoms with Crippen LogP contribution in [0.3, 0.4) is 0 Å². The lowest BCUT2D eigenvalue weighted by Gasteiger charge is -2.12. The Bertz CT molecular complexity index is 440. The van der Waals surface area contributed by atoms with E-state index in [0.717, 1.165) is 15.6 Å². The number of methoxy groups -OCH3 is 1. The lowest BCUT2D eigenvalue weighted by Crippen LogP contribution is -2.37. The molecule has 20 heavy (non-hydrogen) atoms. The number of rotatable bonds is 7. The zero-order valence-corrected chi connectivity index (χ0v) is 13.4. The smallest absolute Gasteiger partial charge is 0.315 e. The summed E-state index contributed by atoms with van der Waals surface area (Å²) in [5, 5.41) is 14.9. The quantitative estimate of drug-likeness (QED) is 0.708. The molecule has 0 aromatic heterocycles. The average molecular weight is 345 g/mol. The minimum absolute atomic E-state index is 0.239. The molecule has 1 unspecified atom stereocenters. The summed E-state index contributed by atoms with van der Waals surface area (Å²) in [6, 6.07) is 5.69. The number of carbonyl (C=O) groups is 1. The van der Waals surface area contributed by atoms with Gasteiger partial charge < -0.3 is 20.5 Å². The molecule has 0 heterocycles. The minimum atomic E-state index is -0.547. The Morgan fingerprint density at radius 2 is 2.20 bits per heavy atom. The highest BCUT2D eigenvalue weighted by atomic mass is 79.9. The van der Waals surface area contributed by atoms with Crippen LogP contribution in [0.1, 0.15) is 17.5 Å². The molecule has 0 fully saturated rings. The van der Waals surface area contributed by atoms with Crippen molar-refractivity contribution in [2.75, 3.05) is 20.3 Å². The van der Waals surface area contributed by atoms with Crippen molar-refractivity contribution >= 4 is 22.0 Å². The van der Waals surface area contributed by atoms with E-state index in [9.17, 15) is 9.90 Å². The second kappa shape index (κ2) is 8.94. The lowest BCUT2D eigenvalue weighted by atomic mass is 10.1. The van der Waals surface area contributed by atoms with Crippen LogP contribution in [0.5, 0.6) is 0 Å². The van der Waals surface area contributed by atoms with Crippen LogP contribution in [-0.2, 0) is 11.3 Å². The van der Waals surface area contributed by atoms with E-state index in [1.165, 1.54) is 7.11 Å². The van der Waals surface area contributed by atoms with Crippen molar-refractivity contribution in [1.82, 2.24) is 10.6 Å². The van der Waals surface area contributed by atoms with Crippen LogP contribution in [0.25, 0.3) is 0 Å². The predicted molar refractivity (Wildman–Crippen MR) is 81.6 cm³/mol. The van der Waals surface area contributed by atoms with E-state index in [1.807, 2.05) is 25.1 Å². The maximum atomic E-state index is 11.6. The highest BCUT2D eigenvalue weighted by Gasteiger charge is 2.06. The van der Waals surface area contributed by atoms with Gasteiger partial charge in [0.05, 0.1) is 12.7 Å². The molecule has 0 radical (unpaired) electrons.